The Kier molecular flexibility index (Phi) is 6.19. The van der Waals surface area contributed by atoms with Crippen LogP contribution in [-0.4, -0.2) is 30.0 Å². The zero-order valence-corrected chi connectivity index (χ0v) is 12.3. The molecule has 0 aliphatic carbocycles. The zero-order chi connectivity index (χ0) is 14.6. The lowest BCUT2D eigenvalue weighted by molar-refractivity contribution is -0.193. The van der Waals surface area contributed by atoms with Crippen LogP contribution in [0.3, 0.4) is 0 Å². The zero-order valence-electron chi connectivity index (χ0n) is 10.8. The highest BCUT2D eigenvalue weighted by molar-refractivity contribution is 9.10. The third-order valence-electron chi connectivity index (χ3n) is 2.51. The number of hydrogen-bond donors (Lipinski definition) is 0. The topological polar surface area (TPSA) is 52.6 Å². The predicted octanol–water partition coefficient (Wildman–Crippen LogP) is 2.74. The minimum absolute atomic E-state index is 0.101. The maximum Gasteiger partial charge on any atom is 0.331 e. The second-order valence-corrected chi connectivity index (χ2v) is 4.90. The third kappa shape index (κ3) is 2.99. The highest BCUT2D eigenvalue weighted by atomic mass is 79.9. The van der Waals surface area contributed by atoms with Gasteiger partial charge in [0.15, 0.2) is 0 Å². The highest BCUT2D eigenvalue weighted by Crippen LogP contribution is 2.49. The maximum atomic E-state index is 13.8. The largest absolute Gasteiger partial charge is 0.465 e. The van der Waals surface area contributed by atoms with Gasteiger partial charge in [0, 0.05) is 0 Å². The molecule has 0 rings (SSSR count). The quantitative estimate of drug-likeness (QED) is 0.427. The van der Waals surface area contributed by atoms with E-state index in [1.54, 1.807) is 0 Å². The molecule has 0 heterocycles. The molecule has 0 aromatic heterocycles. The fraction of sp³-hybridized carbons (Fsp3) is 0.818. The second kappa shape index (κ2) is 6.45. The summed E-state index contributed by atoms with van der Waals surface area (Å²) in [7, 11) is 0. The molecule has 0 aliphatic heterocycles. The molecule has 7 heteroatoms. The summed E-state index contributed by atoms with van der Waals surface area (Å²) in [6.45, 7) is 5.42. The van der Waals surface area contributed by atoms with E-state index in [0.29, 0.717) is 0 Å². The van der Waals surface area contributed by atoms with E-state index in [9.17, 15) is 18.4 Å². The smallest absolute Gasteiger partial charge is 0.331 e. The number of alkyl halides is 3. The van der Waals surface area contributed by atoms with Gasteiger partial charge in [0.2, 0.25) is 5.41 Å². The number of carbonyl (C=O) groups excluding carboxylic acids is 2. The summed E-state index contributed by atoms with van der Waals surface area (Å²) in [6.07, 6.45) is 0. The lowest BCUT2D eigenvalue weighted by atomic mass is 9.77. The average Bonchev–Trinajstić information content (AvgIpc) is 2.15. The normalized spacial score (nSPS) is 12.4. The Morgan fingerprint density at radius 1 is 1.11 bits per heavy atom. The van der Waals surface area contributed by atoms with Crippen molar-refractivity contribution < 1.29 is 27.8 Å². The van der Waals surface area contributed by atoms with Crippen molar-refractivity contribution in [3.63, 3.8) is 0 Å². The van der Waals surface area contributed by atoms with Crippen molar-refractivity contribution in [1.29, 1.82) is 0 Å². The van der Waals surface area contributed by atoms with Gasteiger partial charge in [0.1, 0.15) is 0 Å². The molecule has 4 nitrogen and oxygen atoms in total. The summed E-state index contributed by atoms with van der Waals surface area (Å²) in [6, 6.07) is 0. The fourth-order valence-corrected chi connectivity index (χ4v) is 2.38. The van der Waals surface area contributed by atoms with E-state index in [2.05, 4.69) is 25.4 Å². The van der Waals surface area contributed by atoms with Crippen molar-refractivity contribution >= 4 is 27.9 Å². The molecular formula is C11H17BrF2O4. The lowest BCUT2D eigenvalue weighted by Gasteiger charge is -2.35. The molecule has 0 saturated carbocycles. The fourth-order valence-electron chi connectivity index (χ4n) is 1.60. The first-order valence-electron chi connectivity index (χ1n) is 5.57. The highest BCUT2D eigenvalue weighted by Gasteiger charge is 2.67. The molecular weight excluding hydrogens is 314 g/mol. The number of carbonyl (C=O) groups is 2. The summed E-state index contributed by atoms with van der Waals surface area (Å²) in [5.41, 5.74) is -2.68. The Labute approximate surface area is 113 Å². The molecule has 106 valence electrons. The van der Waals surface area contributed by atoms with Gasteiger partial charge < -0.3 is 9.47 Å². The number of halogens is 3. The van der Waals surface area contributed by atoms with Gasteiger partial charge in [0.05, 0.1) is 13.2 Å². The van der Waals surface area contributed by atoms with E-state index in [0.717, 1.165) is 0 Å². The lowest BCUT2D eigenvalue weighted by Crippen LogP contribution is -2.55. The van der Waals surface area contributed by atoms with Crippen LogP contribution in [0.2, 0.25) is 0 Å². The summed E-state index contributed by atoms with van der Waals surface area (Å²) < 4.78 is 36.7. The summed E-state index contributed by atoms with van der Waals surface area (Å²) in [4.78, 5) is 19.9. The van der Waals surface area contributed by atoms with Crippen LogP contribution in [0.5, 0.6) is 0 Å². The van der Waals surface area contributed by atoms with Gasteiger partial charge in [0.25, 0.3) is 0 Å². The van der Waals surface area contributed by atoms with Crippen molar-refractivity contribution in [3.8, 4) is 0 Å². The standard InChI is InChI=1S/C11H17BrF2O4/c1-5-17-8(15)10(7(3)4,11(12,13)14)9(16)18-6-2/h7H,5-6H2,1-4H3. The third-order valence-corrected chi connectivity index (χ3v) is 3.13. The van der Waals surface area contributed by atoms with Crippen LogP contribution in [0.15, 0.2) is 0 Å². The monoisotopic (exact) mass is 330 g/mol. The molecule has 0 unspecified atom stereocenters. The van der Waals surface area contributed by atoms with Crippen LogP contribution >= 0.6 is 15.9 Å². The van der Waals surface area contributed by atoms with Crippen molar-refractivity contribution in [2.45, 2.75) is 32.5 Å². The molecule has 0 spiro atoms. The van der Waals surface area contributed by atoms with Crippen LogP contribution in [0.4, 0.5) is 8.78 Å². The SMILES string of the molecule is CCOC(=O)C(C(=O)OCC)(C(C)C)C(F)(F)Br. The molecule has 0 saturated heterocycles. The van der Waals surface area contributed by atoms with E-state index >= 15 is 0 Å². The summed E-state index contributed by atoms with van der Waals surface area (Å²) >= 11 is 2.11. The molecule has 0 aromatic carbocycles. The number of esters is 2. The van der Waals surface area contributed by atoms with Gasteiger partial charge in [-0.15, -0.1) is 0 Å². The first-order valence-corrected chi connectivity index (χ1v) is 6.36. The molecule has 0 aromatic rings. The van der Waals surface area contributed by atoms with Crippen LogP contribution < -0.4 is 0 Å². The Balaban J connectivity index is 5.74. The van der Waals surface area contributed by atoms with E-state index in [4.69, 9.17) is 0 Å². The van der Waals surface area contributed by atoms with E-state index in [-0.39, 0.29) is 13.2 Å². The van der Waals surface area contributed by atoms with Crippen LogP contribution in [0.1, 0.15) is 27.7 Å². The Morgan fingerprint density at radius 2 is 1.44 bits per heavy atom. The molecule has 0 aliphatic rings. The van der Waals surface area contributed by atoms with Crippen molar-refractivity contribution in [1.82, 2.24) is 0 Å². The molecule has 0 amide bonds. The van der Waals surface area contributed by atoms with Gasteiger partial charge in [-0.1, -0.05) is 13.8 Å². The molecule has 0 bridgehead atoms. The molecule has 0 atom stereocenters. The van der Waals surface area contributed by atoms with Crippen molar-refractivity contribution in [3.05, 3.63) is 0 Å². The van der Waals surface area contributed by atoms with Crippen molar-refractivity contribution in [2.24, 2.45) is 11.3 Å². The number of hydrogen-bond acceptors (Lipinski definition) is 4. The van der Waals surface area contributed by atoms with E-state index in [1.807, 2.05) is 0 Å². The second-order valence-electron chi connectivity index (χ2n) is 3.90. The van der Waals surface area contributed by atoms with Crippen LogP contribution in [0, 0.1) is 11.3 Å². The van der Waals surface area contributed by atoms with Gasteiger partial charge in [-0.3, -0.25) is 9.59 Å². The summed E-state index contributed by atoms with van der Waals surface area (Å²) in [5, 5.41) is 0. The first-order chi connectivity index (χ1) is 8.16. The summed E-state index contributed by atoms with van der Waals surface area (Å²) in [5.74, 6) is -3.58. The van der Waals surface area contributed by atoms with E-state index < -0.39 is 28.1 Å². The molecule has 18 heavy (non-hydrogen) atoms. The minimum Gasteiger partial charge on any atom is -0.465 e. The van der Waals surface area contributed by atoms with Gasteiger partial charge in [-0.2, -0.15) is 8.78 Å². The number of ether oxygens (including phenoxy) is 2. The first kappa shape index (κ1) is 17.3. The predicted molar refractivity (Wildman–Crippen MR) is 64.4 cm³/mol. The minimum atomic E-state index is -3.76. The molecule has 0 fully saturated rings. The average molecular weight is 331 g/mol. The number of rotatable bonds is 6. The van der Waals surface area contributed by atoms with Gasteiger partial charge >= 0.3 is 16.8 Å². The van der Waals surface area contributed by atoms with Crippen molar-refractivity contribution in [2.75, 3.05) is 13.2 Å². The molecule has 0 radical (unpaired) electrons. The van der Waals surface area contributed by atoms with E-state index in [1.165, 1.54) is 27.7 Å². The van der Waals surface area contributed by atoms with Crippen LogP contribution in [0.25, 0.3) is 0 Å². The Bertz CT molecular complexity index is 295. The van der Waals surface area contributed by atoms with Crippen LogP contribution in [-0.2, 0) is 19.1 Å². The Morgan fingerprint density at radius 3 is 1.61 bits per heavy atom. The Hall–Kier alpha value is -0.720. The maximum absolute atomic E-state index is 13.8. The van der Waals surface area contributed by atoms with Gasteiger partial charge in [-0.25, -0.2) is 0 Å². The van der Waals surface area contributed by atoms with Gasteiger partial charge in [-0.05, 0) is 35.7 Å². The molecule has 0 N–H and O–H groups in total.